The highest BCUT2D eigenvalue weighted by Gasteiger charge is 2.49. The molecule has 3 heterocycles. The predicted molar refractivity (Wildman–Crippen MR) is 138 cm³/mol. The molecule has 0 saturated carbocycles. The van der Waals surface area contributed by atoms with Gasteiger partial charge in [-0.2, -0.15) is 13.8 Å². The molecular weight excluding hydrogens is 534 g/mol. The smallest absolute Gasteiger partial charge is 0.303 e. The van der Waals surface area contributed by atoms with E-state index in [4.69, 9.17) is 4.74 Å². The SMILES string of the molecule is COc1nc2ncnc(N[C@H](C)c3cccc(C(F)(F)C(C)(C)O)c3F)c2cc1C1(O)CCN(C(=O)CF)CC1. The van der Waals surface area contributed by atoms with Crippen LogP contribution < -0.4 is 10.1 Å². The van der Waals surface area contributed by atoms with Gasteiger partial charge in [0.15, 0.2) is 12.3 Å². The topological polar surface area (TPSA) is 121 Å². The molecule has 1 aliphatic heterocycles. The number of rotatable bonds is 8. The van der Waals surface area contributed by atoms with Gasteiger partial charge in [0.1, 0.15) is 23.6 Å². The zero-order valence-corrected chi connectivity index (χ0v) is 22.5. The standard InChI is InChI=1S/C27H31F4N5O4/c1-15(16-6-5-7-18(21(16)29)27(30,31)25(2,3)38)34-22-17-12-19(24(40-4)35-23(17)33-14-32-22)26(39)8-10-36(11-9-26)20(37)13-28/h5-7,12,14-15,38-39H,8-11,13H2,1-4H3,(H,32,33,34,35)/t15-/m1/s1. The Hall–Kier alpha value is -3.58. The van der Waals surface area contributed by atoms with Crippen molar-refractivity contribution < 1.29 is 37.3 Å². The van der Waals surface area contributed by atoms with Crippen molar-refractivity contribution in [2.24, 2.45) is 0 Å². The number of amides is 1. The number of nitrogens with one attached hydrogen (secondary N) is 1. The van der Waals surface area contributed by atoms with Gasteiger partial charge in [0.25, 0.3) is 5.91 Å². The minimum absolute atomic E-state index is 0.0848. The van der Waals surface area contributed by atoms with Crippen molar-refractivity contribution >= 4 is 22.8 Å². The van der Waals surface area contributed by atoms with E-state index in [-0.39, 0.29) is 48.8 Å². The van der Waals surface area contributed by atoms with E-state index in [9.17, 15) is 28.2 Å². The van der Waals surface area contributed by atoms with Crippen molar-refractivity contribution in [1.29, 1.82) is 0 Å². The van der Waals surface area contributed by atoms with E-state index in [2.05, 4.69) is 20.3 Å². The third-order valence-corrected chi connectivity index (χ3v) is 7.30. The highest BCUT2D eigenvalue weighted by Crippen LogP contribution is 2.42. The van der Waals surface area contributed by atoms with Crippen LogP contribution in [0, 0.1) is 5.82 Å². The molecule has 1 aromatic carbocycles. The molecular formula is C27H31F4N5O4. The third kappa shape index (κ3) is 5.27. The number of pyridine rings is 1. The lowest BCUT2D eigenvalue weighted by molar-refractivity contribution is -0.170. The van der Waals surface area contributed by atoms with Gasteiger partial charge in [-0.25, -0.2) is 18.7 Å². The average Bonchev–Trinajstić information content (AvgIpc) is 2.91. The first-order chi connectivity index (χ1) is 18.7. The molecule has 0 radical (unpaired) electrons. The molecule has 1 aliphatic rings. The summed E-state index contributed by atoms with van der Waals surface area (Å²) in [6.45, 7) is 2.49. The molecule has 3 aromatic rings. The number of aromatic nitrogens is 3. The molecule has 3 N–H and O–H groups in total. The van der Waals surface area contributed by atoms with Crippen LogP contribution >= 0.6 is 0 Å². The van der Waals surface area contributed by atoms with E-state index < -0.39 is 47.1 Å². The second-order valence-corrected chi connectivity index (χ2v) is 10.4. The molecule has 216 valence electrons. The van der Waals surface area contributed by atoms with E-state index in [0.717, 1.165) is 19.9 Å². The average molecular weight is 566 g/mol. The number of carbonyl (C=O) groups excluding carboxylic acids is 1. The largest absolute Gasteiger partial charge is 0.481 e. The number of piperidine rings is 1. The minimum atomic E-state index is -3.86. The Labute approximate surface area is 228 Å². The van der Waals surface area contributed by atoms with Gasteiger partial charge in [-0.05, 0) is 45.7 Å². The number of methoxy groups -OCH3 is 1. The summed E-state index contributed by atoms with van der Waals surface area (Å²) in [4.78, 5) is 25.9. The molecule has 1 saturated heterocycles. The van der Waals surface area contributed by atoms with Crippen molar-refractivity contribution in [2.75, 3.05) is 32.2 Å². The number of aliphatic hydroxyl groups is 2. The third-order valence-electron chi connectivity index (χ3n) is 7.30. The van der Waals surface area contributed by atoms with E-state index in [1.165, 1.54) is 30.5 Å². The van der Waals surface area contributed by atoms with Crippen molar-refractivity contribution in [3.8, 4) is 5.88 Å². The van der Waals surface area contributed by atoms with Crippen LogP contribution in [0.3, 0.4) is 0 Å². The van der Waals surface area contributed by atoms with Gasteiger partial charge in [-0.1, -0.05) is 12.1 Å². The highest BCUT2D eigenvalue weighted by atomic mass is 19.3. The number of hydrogen-bond donors (Lipinski definition) is 3. The molecule has 0 spiro atoms. The fourth-order valence-electron chi connectivity index (χ4n) is 4.79. The van der Waals surface area contributed by atoms with Gasteiger partial charge < -0.3 is 25.2 Å². The minimum Gasteiger partial charge on any atom is -0.481 e. The van der Waals surface area contributed by atoms with Gasteiger partial charge in [0.2, 0.25) is 5.88 Å². The number of benzene rings is 1. The van der Waals surface area contributed by atoms with E-state index in [1.807, 2.05) is 0 Å². The maximum atomic E-state index is 15.4. The molecule has 9 nitrogen and oxygen atoms in total. The van der Waals surface area contributed by atoms with Gasteiger partial charge in [0, 0.05) is 24.2 Å². The Morgan fingerprint density at radius 3 is 2.52 bits per heavy atom. The number of anilines is 1. The van der Waals surface area contributed by atoms with Crippen LogP contribution in [0.2, 0.25) is 0 Å². The lowest BCUT2D eigenvalue weighted by Gasteiger charge is -2.38. The van der Waals surface area contributed by atoms with Crippen LogP contribution in [0.25, 0.3) is 11.0 Å². The number of ether oxygens (including phenoxy) is 1. The maximum Gasteiger partial charge on any atom is 0.303 e. The van der Waals surface area contributed by atoms with Gasteiger partial charge in [0.05, 0.1) is 29.7 Å². The van der Waals surface area contributed by atoms with Crippen LogP contribution in [-0.4, -0.2) is 68.4 Å². The summed E-state index contributed by atoms with van der Waals surface area (Å²) in [5, 5.41) is 24.8. The molecule has 13 heteroatoms. The predicted octanol–water partition coefficient (Wildman–Crippen LogP) is 3.99. The first kappa shape index (κ1) is 29.4. The number of carbonyl (C=O) groups is 1. The Kier molecular flexibility index (Phi) is 7.92. The van der Waals surface area contributed by atoms with Crippen molar-refractivity contribution in [3.05, 3.63) is 53.1 Å². The van der Waals surface area contributed by atoms with E-state index in [1.54, 1.807) is 13.0 Å². The Bertz CT molecular complexity index is 1410. The van der Waals surface area contributed by atoms with E-state index >= 15 is 4.39 Å². The molecule has 0 aliphatic carbocycles. The molecule has 1 atom stereocenters. The Balaban J connectivity index is 1.70. The van der Waals surface area contributed by atoms with Crippen molar-refractivity contribution in [3.63, 3.8) is 0 Å². The van der Waals surface area contributed by atoms with Crippen LogP contribution in [-0.2, 0) is 16.3 Å². The highest BCUT2D eigenvalue weighted by molar-refractivity contribution is 5.87. The van der Waals surface area contributed by atoms with Crippen LogP contribution in [0.15, 0.2) is 30.6 Å². The van der Waals surface area contributed by atoms with Gasteiger partial charge in [-0.15, -0.1) is 0 Å². The summed E-state index contributed by atoms with van der Waals surface area (Å²) in [6.07, 6.45) is 1.42. The number of nitrogens with zero attached hydrogens (tertiary/aromatic N) is 4. The van der Waals surface area contributed by atoms with Gasteiger partial charge in [-0.3, -0.25) is 4.79 Å². The molecule has 40 heavy (non-hydrogen) atoms. The number of alkyl halides is 3. The summed E-state index contributed by atoms with van der Waals surface area (Å²) in [6, 6.07) is 4.28. The van der Waals surface area contributed by atoms with Crippen molar-refractivity contribution in [2.45, 2.75) is 56.8 Å². The lowest BCUT2D eigenvalue weighted by Crippen LogP contribution is -2.45. The van der Waals surface area contributed by atoms with Crippen molar-refractivity contribution in [1.82, 2.24) is 19.9 Å². The summed E-state index contributed by atoms with van der Waals surface area (Å²) < 4.78 is 63.2. The van der Waals surface area contributed by atoms with Crippen LogP contribution in [0.1, 0.15) is 56.3 Å². The summed E-state index contributed by atoms with van der Waals surface area (Å²) >= 11 is 0. The van der Waals surface area contributed by atoms with Crippen LogP contribution in [0.5, 0.6) is 5.88 Å². The zero-order chi connectivity index (χ0) is 29.5. The number of halogens is 4. The monoisotopic (exact) mass is 565 g/mol. The summed E-state index contributed by atoms with van der Waals surface area (Å²) in [7, 11) is 1.38. The quantitative estimate of drug-likeness (QED) is 0.351. The molecule has 0 bridgehead atoms. The summed E-state index contributed by atoms with van der Waals surface area (Å²) in [5.41, 5.74) is -4.48. The normalized spacial score (nSPS) is 16.6. The molecule has 1 amide bonds. The maximum absolute atomic E-state index is 15.4. The first-order valence-corrected chi connectivity index (χ1v) is 12.7. The molecule has 0 unspecified atom stereocenters. The molecule has 4 rings (SSSR count). The Morgan fingerprint density at radius 1 is 1.25 bits per heavy atom. The first-order valence-electron chi connectivity index (χ1n) is 12.7. The molecule has 1 fully saturated rings. The lowest BCUT2D eigenvalue weighted by atomic mass is 9.84. The van der Waals surface area contributed by atoms with Gasteiger partial charge >= 0.3 is 5.92 Å². The van der Waals surface area contributed by atoms with E-state index in [0.29, 0.717) is 10.9 Å². The fraction of sp³-hybridized carbons (Fsp3) is 0.481. The number of likely N-dealkylation sites (tertiary alicyclic amines) is 1. The number of hydrogen-bond acceptors (Lipinski definition) is 8. The molecule has 2 aromatic heterocycles. The zero-order valence-electron chi connectivity index (χ0n) is 22.5. The van der Waals surface area contributed by atoms with Crippen LogP contribution in [0.4, 0.5) is 23.4 Å². The second-order valence-electron chi connectivity index (χ2n) is 10.4. The second kappa shape index (κ2) is 10.8. The fourth-order valence-corrected chi connectivity index (χ4v) is 4.79. The Morgan fingerprint density at radius 2 is 1.93 bits per heavy atom. The summed E-state index contributed by atoms with van der Waals surface area (Å²) in [5.74, 6) is -5.38. The number of fused-ring (bicyclic) bond motifs is 1.